The normalized spacial score (nSPS) is 18.8. The molecular formula is C16H16. The lowest BCUT2D eigenvalue weighted by Gasteiger charge is -2.17. The molecule has 16 heavy (non-hydrogen) atoms. The van der Waals surface area contributed by atoms with E-state index in [-0.39, 0.29) is 0 Å². The maximum absolute atomic E-state index is 2.32. The summed E-state index contributed by atoms with van der Waals surface area (Å²) in [6.07, 6.45) is 5.79. The van der Waals surface area contributed by atoms with E-state index in [1.165, 1.54) is 33.9 Å². The van der Waals surface area contributed by atoms with Gasteiger partial charge in [-0.1, -0.05) is 55.0 Å². The molecule has 0 nitrogen and oxygen atoms in total. The Morgan fingerprint density at radius 3 is 2.88 bits per heavy atom. The minimum absolute atomic E-state index is 0.676. The number of hydrogen-bond donors (Lipinski definition) is 0. The molecule has 2 aromatic rings. The first-order chi connectivity index (χ1) is 7.74. The third-order valence-electron chi connectivity index (χ3n) is 3.44. The lowest BCUT2D eigenvalue weighted by molar-refractivity contribution is 0.718. The summed E-state index contributed by atoms with van der Waals surface area (Å²) in [6.45, 7) is 4.43. The average Bonchev–Trinajstić information content (AvgIpc) is 2.28. The molecule has 0 spiro atoms. The van der Waals surface area contributed by atoms with Crippen molar-refractivity contribution in [1.29, 1.82) is 0 Å². The van der Waals surface area contributed by atoms with E-state index in [2.05, 4.69) is 56.3 Å². The first-order valence-electron chi connectivity index (χ1n) is 5.94. The van der Waals surface area contributed by atoms with Crippen molar-refractivity contribution < 1.29 is 0 Å². The molecule has 0 heterocycles. The van der Waals surface area contributed by atoms with Gasteiger partial charge in [0, 0.05) is 0 Å². The van der Waals surface area contributed by atoms with E-state index < -0.39 is 0 Å². The van der Waals surface area contributed by atoms with E-state index in [0.29, 0.717) is 5.92 Å². The van der Waals surface area contributed by atoms with Crippen LogP contribution in [0.1, 0.15) is 23.6 Å². The highest BCUT2D eigenvalue weighted by Gasteiger charge is 2.12. The lowest BCUT2D eigenvalue weighted by Crippen LogP contribution is -2.03. The minimum Gasteiger partial charge on any atom is -0.0807 e. The van der Waals surface area contributed by atoms with E-state index >= 15 is 0 Å². The van der Waals surface area contributed by atoms with Crippen molar-refractivity contribution in [2.45, 2.75) is 20.3 Å². The standard InChI is InChI=1S/C16H16/c1-11-3-7-15-13(9-11)5-6-14-10-12(2)4-8-16(14)15/h3-9,12H,10H2,1-2H3. The maximum atomic E-state index is 2.32. The van der Waals surface area contributed by atoms with Crippen LogP contribution in [0.5, 0.6) is 0 Å². The summed E-state index contributed by atoms with van der Waals surface area (Å²) in [7, 11) is 0. The summed E-state index contributed by atoms with van der Waals surface area (Å²) >= 11 is 0. The van der Waals surface area contributed by atoms with Crippen molar-refractivity contribution in [1.82, 2.24) is 0 Å². The van der Waals surface area contributed by atoms with E-state index in [4.69, 9.17) is 0 Å². The number of fused-ring (bicyclic) bond motifs is 3. The van der Waals surface area contributed by atoms with Crippen LogP contribution in [0.2, 0.25) is 0 Å². The van der Waals surface area contributed by atoms with Gasteiger partial charge in [0.15, 0.2) is 0 Å². The molecule has 0 fully saturated rings. The Hall–Kier alpha value is -1.56. The van der Waals surface area contributed by atoms with Crippen LogP contribution < -0.4 is 0 Å². The number of hydrogen-bond acceptors (Lipinski definition) is 0. The lowest BCUT2D eigenvalue weighted by atomic mass is 9.87. The fourth-order valence-corrected chi connectivity index (χ4v) is 2.57. The van der Waals surface area contributed by atoms with Crippen LogP contribution in [-0.4, -0.2) is 0 Å². The summed E-state index contributed by atoms with van der Waals surface area (Å²) in [5.41, 5.74) is 4.25. The quantitative estimate of drug-likeness (QED) is 0.603. The molecule has 1 aliphatic rings. The molecule has 3 rings (SSSR count). The van der Waals surface area contributed by atoms with Gasteiger partial charge in [-0.15, -0.1) is 0 Å². The van der Waals surface area contributed by atoms with Gasteiger partial charge in [0.25, 0.3) is 0 Å². The fraction of sp³-hybridized carbons (Fsp3) is 0.250. The molecule has 0 radical (unpaired) electrons. The Labute approximate surface area is 96.6 Å². The van der Waals surface area contributed by atoms with Gasteiger partial charge >= 0.3 is 0 Å². The number of benzene rings is 2. The summed E-state index contributed by atoms with van der Waals surface area (Å²) < 4.78 is 0. The zero-order chi connectivity index (χ0) is 11.1. The van der Waals surface area contributed by atoms with Crippen molar-refractivity contribution in [2.24, 2.45) is 5.92 Å². The van der Waals surface area contributed by atoms with Crippen LogP contribution in [0.4, 0.5) is 0 Å². The van der Waals surface area contributed by atoms with E-state index in [0.717, 1.165) is 0 Å². The second-order valence-corrected chi connectivity index (χ2v) is 4.90. The predicted octanol–water partition coefficient (Wildman–Crippen LogP) is 4.35. The van der Waals surface area contributed by atoms with Crippen molar-refractivity contribution in [2.75, 3.05) is 0 Å². The molecule has 0 amide bonds. The van der Waals surface area contributed by atoms with Gasteiger partial charge in [-0.2, -0.15) is 0 Å². The molecule has 0 saturated heterocycles. The van der Waals surface area contributed by atoms with Crippen molar-refractivity contribution in [3.63, 3.8) is 0 Å². The monoisotopic (exact) mass is 208 g/mol. The average molecular weight is 208 g/mol. The minimum atomic E-state index is 0.676. The van der Waals surface area contributed by atoms with Gasteiger partial charge < -0.3 is 0 Å². The molecule has 0 saturated carbocycles. The van der Waals surface area contributed by atoms with Gasteiger partial charge in [-0.05, 0) is 41.2 Å². The van der Waals surface area contributed by atoms with E-state index in [1.54, 1.807) is 0 Å². The summed E-state index contributed by atoms with van der Waals surface area (Å²) in [6, 6.07) is 11.3. The van der Waals surface area contributed by atoms with Crippen LogP contribution in [-0.2, 0) is 6.42 Å². The first kappa shape index (κ1) is 9.65. The Kier molecular flexibility index (Phi) is 2.10. The Morgan fingerprint density at radius 1 is 1.12 bits per heavy atom. The molecule has 0 aliphatic heterocycles. The van der Waals surface area contributed by atoms with E-state index in [1.807, 2.05) is 0 Å². The number of allylic oxidation sites excluding steroid dienone is 1. The highest BCUT2D eigenvalue weighted by atomic mass is 14.2. The third kappa shape index (κ3) is 1.46. The maximum Gasteiger partial charge on any atom is -0.0109 e. The van der Waals surface area contributed by atoms with Crippen LogP contribution >= 0.6 is 0 Å². The van der Waals surface area contributed by atoms with Crippen molar-refractivity contribution >= 4 is 16.8 Å². The highest BCUT2D eigenvalue weighted by molar-refractivity contribution is 5.92. The number of aryl methyl sites for hydroxylation is 1. The molecule has 1 atom stereocenters. The molecule has 0 heteroatoms. The zero-order valence-corrected chi connectivity index (χ0v) is 9.83. The topological polar surface area (TPSA) is 0 Å². The highest BCUT2D eigenvalue weighted by Crippen LogP contribution is 2.30. The van der Waals surface area contributed by atoms with E-state index in [9.17, 15) is 0 Å². The van der Waals surface area contributed by atoms with Crippen molar-refractivity contribution in [3.05, 3.63) is 53.1 Å². The van der Waals surface area contributed by atoms with Gasteiger partial charge in [-0.3, -0.25) is 0 Å². The SMILES string of the molecule is Cc1ccc2c3c(ccc2c1)CC(C)C=C3. The van der Waals surface area contributed by atoms with Gasteiger partial charge in [-0.25, -0.2) is 0 Å². The molecule has 1 aliphatic carbocycles. The molecular weight excluding hydrogens is 192 g/mol. The van der Waals surface area contributed by atoms with Gasteiger partial charge in [0.1, 0.15) is 0 Å². The van der Waals surface area contributed by atoms with Crippen molar-refractivity contribution in [3.8, 4) is 0 Å². The first-order valence-corrected chi connectivity index (χ1v) is 5.94. The number of rotatable bonds is 0. The Balaban J connectivity index is 2.31. The second-order valence-electron chi connectivity index (χ2n) is 4.90. The van der Waals surface area contributed by atoms with Crippen LogP contribution in [0.3, 0.4) is 0 Å². The Bertz CT molecular complexity index is 576. The van der Waals surface area contributed by atoms with Gasteiger partial charge in [0.2, 0.25) is 0 Å². The molecule has 80 valence electrons. The summed E-state index contributed by atoms with van der Waals surface area (Å²) in [5.74, 6) is 0.676. The van der Waals surface area contributed by atoms with Crippen LogP contribution in [0.25, 0.3) is 16.8 Å². The molecule has 0 aromatic heterocycles. The predicted molar refractivity (Wildman–Crippen MR) is 70.6 cm³/mol. The molecule has 0 bridgehead atoms. The van der Waals surface area contributed by atoms with Crippen LogP contribution in [0.15, 0.2) is 36.4 Å². The summed E-state index contributed by atoms with van der Waals surface area (Å²) in [5, 5.41) is 2.75. The largest absolute Gasteiger partial charge is 0.0807 e. The van der Waals surface area contributed by atoms with Crippen LogP contribution in [0, 0.1) is 12.8 Å². The third-order valence-corrected chi connectivity index (χ3v) is 3.44. The second kappa shape index (κ2) is 3.48. The zero-order valence-electron chi connectivity index (χ0n) is 9.83. The molecule has 1 unspecified atom stereocenters. The van der Waals surface area contributed by atoms with Gasteiger partial charge in [0.05, 0.1) is 0 Å². The fourth-order valence-electron chi connectivity index (χ4n) is 2.57. The molecule has 0 N–H and O–H groups in total. The Morgan fingerprint density at radius 2 is 2.00 bits per heavy atom. The summed E-state index contributed by atoms with van der Waals surface area (Å²) in [4.78, 5) is 0. The molecule has 2 aromatic carbocycles. The smallest absolute Gasteiger partial charge is 0.0109 e.